The lowest BCUT2D eigenvalue weighted by molar-refractivity contribution is 0.0696. The van der Waals surface area contributed by atoms with Crippen molar-refractivity contribution in [2.75, 3.05) is 13.6 Å². The summed E-state index contributed by atoms with van der Waals surface area (Å²) >= 11 is 5.90. The smallest absolute Gasteiger partial charge is 0.335 e. The molecule has 1 unspecified atom stereocenters. The average molecular weight is 320 g/mol. The zero-order valence-corrected chi connectivity index (χ0v) is 13.2. The first kappa shape index (κ1) is 16.9. The van der Waals surface area contributed by atoms with Crippen LogP contribution in [0.2, 0.25) is 5.02 Å². The molecule has 0 saturated carbocycles. The Kier molecular flexibility index (Phi) is 5.56. The van der Waals surface area contributed by atoms with Gasteiger partial charge in [-0.3, -0.25) is 0 Å². The molecule has 0 amide bonds. The second-order valence-corrected chi connectivity index (χ2v) is 7.17. The highest BCUT2D eigenvalue weighted by Crippen LogP contribution is 2.26. The highest BCUT2D eigenvalue weighted by atomic mass is 35.5. The molecule has 0 fully saturated rings. The molecule has 1 aromatic carbocycles. The van der Waals surface area contributed by atoms with Crippen LogP contribution in [0, 0.1) is 5.92 Å². The SMILES string of the molecule is CCC(C)CN(C)S(=O)(=O)c1cc(C(=O)O)ccc1Cl. The van der Waals surface area contributed by atoms with Gasteiger partial charge in [0, 0.05) is 13.6 Å². The van der Waals surface area contributed by atoms with Crippen molar-refractivity contribution in [3.63, 3.8) is 0 Å². The predicted octanol–water partition coefficient (Wildman–Crippen LogP) is 2.70. The van der Waals surface area contributed by atoms with Crippen LogP contribution in [-0.4, -0.2) is 37.4 Å². The molecule has 0 spiro atoms. The third kappa shape index (κ3) is 3.71. The van der Waals surface area contributed by atoms with Crippen molar-refractivity contribution in [1.29, 1.82) is 0 Å². The number of rotatable bonds is 6. The van der Waals surface area contributed by atoms with E-state index in [0.717, 1.165) is 12.5 Å². The van der Waals surface area contributed by atoms with Gasteiger partial charge in [-0.05, 0) is 24.1 Å². The Morgan fingerprint density at radius 1 is 1.45 bits per heavy atom. The first-order valence-electron chi connectivity index (χ1n) is 6.19. The zero-order valence-electron chi connectivity index (χ0n) is 11.6. The Bertz CT molecular complexity index is 600. The van der Waals surface area contributed by atoms with Crippen molar-refractivity contribution in [2.45, 2.75) is 25.2 Å². The van der Waals surface area contributed by atoms with Gasteiger partial charge >= 0.3 is 5.97 Å². The van der Waals surface area contributed by atoms with Gasteiger partial charge in [0.25, 0.3) is 0 Å². The predicted molar refractivity (Wildman–Crippen MR) is 77.7 cm³/mol. The Morgan fingerprint density at radius 3 is 2.55 bits per heavy atom. The Labute approximate surface area is 124 Å². The summed E-state index contributed by atoms with van der Waals surface area (Å²) in [7, 11) is -2.33. The van der Waals surface area contributed by atoms with Gasteiger partial charge in [-0.15, -0.1) is 0 Å². The summed E-state index contributed by atoms with van der Waals surface area (Å²) in [4.78, 5) is 10.8. The fourth-order valence-corrected chi connectivity index (χ4v) is 3.46. The van der Waals surface area contributed by atoms with Crippen LogP contribution in [-0.2, 0) is 10.0 Å². The van der Waals surface area contributed by atoms with Gasteiger partial charge in [0.2, 0.25) is 10.0 Å². The van der Waals surface area contributed by atoms with Gasteiger partial charge < -0.3 is 5.11 Å². The van der Waals surface area contributed by atoms with E-state index >= 15 is 0 Å². The van der Waals surface area contributed by atoms with E-state index in [0.29, 0.717) is 6.54 Å². The number of nitrogens with zero attached hydrogens (tertiary/aromatic N) is 1. The fraction of sp³-hybridized carbons (Fsp3) is 0.462. The average Bonchev–Trinajstić information content (AvgIpc) is 2.38. The van der Waals surface area contributed by atoms with Crippen LogP contribution in [0.5, 0.6) is 0 Å². The molecule has 7 heteroatoms. The molecule has 1 rings (SSSR count). The molecule has 1 atom stereocenters. The molecule has 0 aliphatic rings. The highest BCUT2D eigenvalue weighted by Gasteiger charge is 2.25. The van der Waals surface area contributed by atoms with E-state index in [1.165, 1.54) is 23.5 Å². The number of carboxylic acids is 1. The summed E-state index contributed by atoms with van der Waals surface area (Å²) in [6.45, 7) is 4.27. The van der Waals surface area contributed by atoms with E-state index in [-0.39, 0.29) is 21.4 Å². The lowest BCUT2D eigenvalue weighted by atomic mass is 10.1. The minimum Gasteiger partial charge on any atom is -0.478 e. The molecule has 0 saturated heterocycles. The Morgan fingerprint density at radius 2 is 2.05 bits per heavy atom. The number of benzene rings is 1. The van der Waals surface area contributed by atoms with Crippen molar-refractivity contribution in [1.82, 2.24) is 4.31 Å². The van der Waals surface area contributed by atoms with Gasteiger partial charge in [0.1, 0.15) is 4.90 Å². The van der Waals surface area contributed by atoms with Gasteiger partial charge in [0.05, 0.1) is 10.6 Å². The van der Waals surface area contributed by atoms with Gasteiger partial charge in [-0.2, -0.15) is 0 Å². The molecule has 0 radical (unpaired) electrons. The molecule has 0 heterocycles. The Balaban J connectivity index is 3.21. The minimum absolute atomic E-state index is 0.0194. The normalized spacial score (nSPS) is 13.4. The molecule has 1 N–H and O–H groups in total. The number of carboxylic acid groups (broad SMARTS) is 1. The summed E-state index contributed by atoms with van der Waals surface area (Å²) in [6, 6.07) is 3.65. The number of hydrogen-bond acceptors (Lipinski definition) is 3. The maximum absolute atomic E-state index is 12.4. The molecular formula is C13H18ClNO4S. The molecule has 112 valence electrons. The second kappa shape index (κ2) is 6.56. The maximum atomic E-state index is 12.4. The van der Waals surface area contributed by atoms with Crippen LogP contribution in [0.3, 0.4) is 0 Å². The van der Waals surface area contributed by atoms with E-state index in [1.807, 2.05) is 13.8 Å². The molecule has 20 heavy (non-hydrogen) atoms. The lowest BCUT2D eigenvalue weighted by Gasteiger charge is -2.21. The standard InChI is InChI=1S/C13H18ClNO4S/c1-4-9(2)8-15(3)20(18,19)12-7-10(13(16)17)5-6-11(12)14/h5-7,9H,4,8H2,1-3H3,(H,16,17). The highest BCUT2D eigenvalue weighted by molar-refractivity contribution is 7.89. The number of carbonyl (C=O) groups is 1. The third-order valence-electron chi connectivity index (χ3n) is 3.13. The third-order valence-corrected chi connectivity index (χ3v) is 5.44. The maximum Gasteiger partial charge on any atom is 0.335 e. The van der Waals surface area contributed by atoms with Crippen molar-refractivity contribution in [3.05, 3.63) is 28.8 Å². The molecular weight excluding hydrogens is 302 g/mol. The van der Waals surface area contributed by atoms with Crippen LogP contribution < -0.4 is 0 Å². The zero-order chi connectivity index (χ0) is 15.5. The summed E-state index contributed by atoms with van der Waals surface area (Å²) in [5, 5.41) is 8.96. The van der Waals surface area contributed by atoms with E-state index in [9.17, 15) is 13.2 Å². The monoisotopic (exact) mass is 319 g/mol. The van der Waals surface area contributed by atoms with E-state index in [4.69, 9.17) is 16.7 Å². The summed E-state index contributed by atoms with van der Waals surface area (Å²) < 4.78 is 26.1. The second-order valence-electron chi connectivity index (χ2n) is 4.75. The largest absolute Gasteiger partial charge is 0.478 e. The van der Waals surface area contributed by atoms with E-state index in [2.05, 4.69) is 0 Å². The summed E-state index contributed by atoms with van der Waals surface area (Å²) in [6.07, 6.45) is 0.850. The van der Waals surface area contributed by atoms with Crippen molar-refractivity contribution >= 4 is 27.6 Å². The lowest BCUT2D eigenvalue weighted by Crippen LogP contribution is -2.31. The van der Waals surface area contributed by atoms with E-state index < -0.39 is 16.0 Å². The number of sulfonamides is 1. The number of hydrogen-bond donors (Lipinski definition) is 1. The quantitative estimate of drug-likeness (QED) is 0.874. The number of aromatic carboxylic acids is 1. The molecule has 0 aliphatic carbocycles. The van der Waals surface area contributed by atoms with Crippen molar-refractivity contribution < 1.29 is 18.3 Å². The van der Waals surface area contributed by atoms with Crippen LogP contribution >= 0.6 is 11.6 Å². The minimum atomic E-state index is -3.79. The van der Waals surface area contributed by atoms with Crippen molar-refractivity contribution in [2.24, 2.45) is 5.92 Å². The summed E-state index contributed by atoms with van der Waals surface area (Å²) in [5.74, 6) is -0.987. The fourth-order valence-electron chi connectivity index (χ4n) is 1.67. The van der Waals surface area contributed by atoms with E-state index in [1.54, 1.807) is 0 Å². The van der Waals surface area contributed by atoms with Crippen LogP contribution in [0.25, 0.3) is 0 Å². The Hall–Kier alpha value is -1.11. The number of halogens is 1. The first-order valence-corrected chi connectivity index (χ1v) is 8.01. The molecule has 5 nitrogen and oxygen atoms in total. The molecule has 0 bridgehead atoms. The van der Waals surface area contributed by atoms with Crippen LogP contribution in [0.1, 0.15) is 30.6 Å². The van der Waals surface area contributed by atoms with Crippen molar-refractivity contribution in [3.8, 4) is 0 Å². The molecule has 0 aliphatic heterocycles. The summed E-state index contributed by atoms with van der Waals surface area (Å²) in [5.41, 5.74) is -0.107. The molecule has 1 aromatic rings. The topological polar surface area (TPSA) is 74.7 Å². The first-order chi connectivity index (χ1) is 9.20. The van der Waals surface area contributed by atoms with Gasteiger partial charge in [0.15, 0.2) is 0 Å². The van der Waals surface area contributed by atoms with Crippen LogP contribution in [0.15, 0.2) is 23.1 Å². The van der Waals surface area contributed by atoms with Gasteiger partial charge in [-0.1, -0.05) is 31.9 Å². The van der Waals surface area contributed by atoms with Crippen LogP contribution in [0.4, 0.5) is 0 Å². The van der Waals surface area contributed by atoms with Gasteiger partial charge in [-0.25, -0.2) is 17.5 Å². The molecule has 0 aromatic heterocycles.